The van der Waals surface area contributed by atoms with Gasteiger partial charge in [0.25, 0.3) is 0 Å². The number of quaternary nitrogens is 1. The maximum Gasteiger partial charge on any atom is 0.118 e. The minimum Gasteiger partial charge on any atom is -0.497 e. The number of benzene rings is 2. The van der Waals surface area contributed by atoms with Crippen LogP contribution in [0.2, 0.25) is 10.0 Å². The number of aryl methyl sites for hydroxylation is 1. The Kier molecular flexibility index (Phi) is 7.22. The fourth-order valence-corrected chi connectivity index (χ4v) is 3.06. The SMILES string of the molecule is COc1ccc(CC[C@H](C)[NH2+]CCc2ccc(Cl)cc2Cl)cc1. The van der Waals surface area contributed by atoms with Crippen molar-refractivity contribution in [3.8, 4) is 5.75 Å². The van der Waals surface area contributed by atoms with Crippen LogP contribution >= 0.6 is 23.2 Å². The van der Waals surface area contributed by atoms with Gasteiger partial charge in [0, 0.05) is 22.9 Å². The molecule has 0 bridgehead atoms. The Hall–Kier alpha value is -1.22. The molecule has 0 radical (unpaired) electrons. The predicted octanol–water partition coefficient (Wildman–Crippen LogP) is 4.13. The van der Waals surface area contributed by atoms with Gasteiger partial charge in [0.2, 0.25) is 0 Å². The Morgan fingerprint density at radius 3 is 2.43 bits per heavy atom. The molecule has 2 N–H and O–H groups in total. The zero-order valence-electron chi connectivity index (χ0n) is 13.7. The lowest BCUT2D eigenvalue weighted by molar-refractivity contribution is -0.686. The largest absolute Gasteiger partial charge is 0.497 e. The van der Waals surface area contributed by atoms with Crippen LogP contribution in [0.3, 0.4) is 0 Å². The molecule has 0 fully saturated rings. The molecule has 0 aromatic heterocycles. The van der Waals surface area contributed by atoms with Gasteiger partial charge in [-0.1, -0.05) is 41.4 Å². The molecule has 0 spiro atoms. The number of rotatable bonds is 8. The highest BCUT2D eigenvalue weighted by Crippen LogP contribution is 2.20. The van der Waals surface area contributed by atoms with Gasteiger partial charge in [0.05, 0.1) is 19.7 Å². The number of halogens is 2. The monoisotopic (exact) mass is 352 g/mol. The minimum absolute atomic E-state index is 0.586. The van der Waals surface area contributed by atoms with Gasteiger partial charge in [0.1, 0.15) is 5.75 Å². The first-order valence-corrected chi connectivity index (χ1v) is 8.74. The van der Waals surface area contributed by atoms with E-state index in [1.54, 1.807) is 7.11 Å². The van der Waals surface area contributed by atoms with Crippen LogP contribution < -0.4 is 10.1 Å². The molecule has 0 aliphatic heterocycles. The summed E-state index contributed by atoms with van der Waals surface area (Å²) in [6.07, 6.45) is 3.20. The molecule has 2 aromatic carbocycles. The Balaban J connectivity index is 1.71. The highest BCUT2D eigenvalue weighted by Gasteiger charge is 2.07. The van der Waals surface area contributed by atoms with Crippen LogP contribution in [0.5, 0.6) is 5.75 Å². The maximum absolute atomic E-state index is 6.20. The van der Waals surface area contributed by atoms with E-state index in [0.29, 0.717) is 11.1 Å². The van der Waals surface area contributed by atoms with Crippen LogP contribution in [-0.2, 0) is 12.8 Å². The van der Waals surface area contributed by atoms with Crippen LogP contribution in [0.1, 0.15) is 24.5 Å². The van der Waals surface area contributed by atoms with E-state index in [0.717, 1.165) is 42.1 Å². The van der Waals surface area contributed by atoms with Gasteiger partial charge in [-0.15, -0.1) is 0 Å². The van der Waals surface area contributed by atoms with Crippen LogP contribution in [0.15, 0.2) is 42.5 Å². The van der Waals surface area contributed by atoms with Crippen molar-refractivity contribution < 1.29 is 10.1 Å². The van der Waals surface area contributed by atoms with Crippen molar-refractivity contribution in [2.24, 2.45) is 0 Å². The number of nitrogens with two attached hydrogens (primary N) is 1. The predicted molar refractivity (Wildman–Crippen MR) is 97.7 cm³/mol. The molecule has 0 aliphatic rings. The van der Waals surface area contributed by atoms with Gasteiger partial charge in [0.15, 0.2) is 0 Å². The third kappa shape index (κ3) is 6.06. The number of hydrogen-bond acceptors (Lipinski definition) is 1. The highest BCUT2D eigenvalue weighted by molar-refractivity contribution is 6.35. The van der Waals surface area contributed by atoms with Crippen LogP contribution in [0, 0.1) is 0 Å². The topological polar surface area (TPSA) is 25.8 Å². The second kappa shape index (κ2) is 9.17. The maximum atomic E-state index is 6.20. The summed E-state index contributed by atoms with van der Waals surface area (Å²) in [5.74, 6) is 0.910. The van der Waals surface area contributed by atoms with Crippen molar-refractivity contribution in [3.63, 3.8) is 0 Å². The summed E-state index contributed by atoms with van der Waals surface area (Å²) in [6, 6.07) is 14.6. The lowest BCUT2D eigenvalue weighted by Gasteiger charge is -2.11. The number of ether oxygens (including phenoxy) is 1. The van der Waals surface area contributed by atoms with Crippen molar-refractivity contribution in [3.05, 3.63) is 63.6 Å². The van der Waals surface area contributed by atoms with E-state index in [1.807, 2.05) is 30.3 Å². The molecule has 2 rings (SSSR count). The molecular weight excluding hydrogens is 329 g/mol. The Morgan fingerprint density at radius 1 is 1.04 bits per heavy atom. The highest BCUT2D eigenvalue weighted by atomic mass is 35.5. The van der Waals surface area contributed by atoms with E-state index in [9.17, 15) is 0 Å². The van der Waals surface area contributed by atoms with E-state index in [1.165, 1.54) is 5.56 Å². The second-order valence-corrected chi connectivity index (χ2v) is 6.72. The zero-order valence-corrected chi connectivity index (χ0v) is 15.2. The number of methoxy groups -OCH3 is 1. The third-order valence-electron chi connectivity index (χ3n) is 4.05. The first-order chi connectivity index (χ1) is 11.1. The summed E-state index contributed by atoms with van der Waals surface area (Å²) < 4.78 is 5.18. The van der Waals surface area contributed by atoms with E-state index >= 15 is 0 Å². The lowest BCUT2D eigenvalue weighted by Crippen LogP contribution is -2.89. The van der Waals surface area contributed by atoms with E-state index in [2.05, 4.69) is 24.4 Å². The Bertz CT molecular complexity index is 613. The molecule has 0 saturated carbocycles. The summed E-state index contributed by atoms with van der Waals surface area (Å²) in [6.45, 7) is 3.30. The van der Waals surface area contributed by atoms with Gasteiger partial charge < -0.3 is 10.1 Å². The molecule has 1 atom stereocenters. The molecule has 2 aromatic rings. The van der Waals surface area contributed by atoms with Crippen molar-refractivity contribution >= 4 is 23.2 Å². The van der Waals surface area contributed by atoms with Gasteiger partial charge in [-0.3, -0.25) is 0 Å². The fraction of sp³-hybridized carbons (Fsp3) is 0.368. The molecule has 0 amide bonds. The Morgan fingerprint density at radius 2 is 1.78 bits per heavy atom. The summed E-state index contributed by atoms with van der Waals surface area (Å²) in [4.78, 5) is 0. The van der Waals surface area contributed by atoms with Crippen molar-refractivity contribution in [1.29, 1.82) is 0 Å². The quantitative estimate of drug-likeness (QED) is 0.759. The molecule has 124 valence electrons. The first kappa shape index (κ1) is 18.1. The van der Waals surface area contributed by atoms with Crippen LogP contribution in [0.4, 0.5) is 0 Å². The summed E-state index contributed by atoms with van der Waals surface area (Å²) in [5, 5.41) is 3.83. The minimum atomic E-state index is 0.586. The number of hydrogen-bond donors (Lipinski definition) is 1. The molecule has 0 unspecified atom stereocenters. The second-order valence-electron chi connectivity index (χ2n) is 5.87. The summed E-state index contributed by atoms with van der Waals surface area (Å²) in [5.41, 5.74) is 2.52. The summed E-state index contributed by atoms with van der Waals surface area (Å²) in [7, 11) is 1.69. The van der Waals surface area contributed by atoms with Gasteiger partial charge in [-0.2, -0.15) is 0 Å². The zero-order chi connectivity index (χ0) is 16.7. The van der Waals surface area contributed by atoms with Gasteiger partial charge >= 0.3 is 0 Å². The third-order valence-corrected chi connectivity index (χ3v) is 4.63. The molecule has 0 saturated heterocycles. The molecule has 0 aliphatic carbocycles. The average Bonchev–Trinajstić information content (AvgIpc) is 2.55. The Labute approximate surface area is 148 Å². The molecule has 0 heterocycles. The smallest absolute Gasteiger partial charge is 0.118 e. The lowest BCUT2D eigenvalue weighted by atomic mass is 10.1. The van der Waals surface area contributed by atoms with Crippen molar-refractivity contribution in [1.82, 2.24) is 0 Å². The first-order valence-electron chi connectivity index (χ1n) is 7.98. The van der Waals surface area contributed by atoms with Gasteiger partial charge in [-0.05, 0) is 48.7 Å². The molecule has 2 nitrogen and oxygen atoms in total. The molecule has 23 heavy (non-hydrogen) atoms. The van der Waals surface area contributed by atoms with E-state index in [4.69, 9.17) is 27.9 Å². The van der Waals surface area contributed by atoms with Crippen molar-refractivity contribution in [2.45, 2.75) is 32.2 Å². The average molecular weight is 353 g/mol. The normalized spacial score (nSPS) is 12.2. The summed E-state index contributed by atoms with van der Waals surface area (Å²) >= 11 is 12.1. The van der Waals surface area contributed by atoms with Gasteiger partial charge in [-0.25, -0.2) is 0 Å². The van der Waals surface area contributed by atoms with Crippen LogP contribution in [0.25, 0.3) is 0 Å². The van der Waals surface area contributed by atoms with E-state index in [-0.39, 0.29) is 0 Å². The molecule has 4 heteroatoms. The van der Waals surface area contributed by atoms with Crippen LogP contribution in [-0.4, -0.2) is 19.7 Å². The van der Waals surface area contributed by atoms with Crippen molar-refractivity contribution in [2.75, 3.05) is 13.7 Å². The molecular formula is C19H24Cl2NO+. The fourth-order valence-electron chi connectivity index (χ4n) is 2.55. The standard InChI is InChI=1S/C19H23Cl2NO/c1-14(3-4-15-5-9-18(23-2)10-6-15)22-12-11-16-7-8-17(20)13-19(16)21/h5-10,13-14,22H,3-4,11-12H2,1-2H3/p+1/t14-/m0/s1. The van der Waals surface area contributed by atoms with E-state index < -0.39 is 0 Å².